The van der Waals surface area contributed by atoms with Crippen LogP contribution in [-0.2, 0) is 0 Å². The van der Waals surface area contributed by atoms with Crippen molar-refractivity contribution < 1.29 is 9.53 Å². The summed E-state index contributed by atoms with van der Waals surface area (Å²) < 4.78 is 5.26. The molecule has 1 saturated heterocycles. The topological polar surface area (TPSA) is 41.6 Å². The highest BCUT2D eigenvalue weighted by Gasteiger charge is 2.17. The normalized spacial score (nSPS) is 16.1. The Kier molecular flexibility index (Phi) is 6.04. The lowest BCUT2D eigenvalue weighted by Crippen LogP contribution is -2.32. The van der Waals surface area contributed by atoms with Gasteiger partial charge < -0.3 is 15.0 Å². The summed E-state index contributed by atoms with van der Waals surface area (Å²) in [4.78, 5) is 15.0. The second-order valence-corrected chi connectivity index (χ2v) is 7.64. The van der Waals surface area contributed by atoms with Crippen molar-refractivity contribution in [2.75, 3.05) is 25.1 Å². The predicted molar refractivity (Wildman–Crippen MR) is 111 cm³/mol. The molecule has 1 aliphatic heterocycles. The lowest BCUT2D eigenvalue weighted by molar-refractivity contribution is 0.0940. The van der Waals surface area contributed by atoms with E-state index in [9.17, 15) is 4.79 Å². The minimum atomic E-state index is -0.0673. The summed E-state index contributed by atoms with van der Waals surface area (Å²) in [6, 6.07) is 14.0. The number of carbonyl (C=O) groups is 1. The summed E-state index contributed by atoms with van der Waals surface area (Å²) in [7, 11) is 1.64. The standard InChI is InChI=1S/C23H30N2O2/c1-16-11-13-25(14-12-16)21-8-5-19(6-9-21)18(3)24-23(26)20-7-10-22(27-4)17(2)15-20/h5-10,15-16,18H,11-14H2,1-4H3,(H,24,26). The van der Waals surface area contributed by atoms with Crippen molar-refractivity contribution in [1.29, 1.82) is 0 Å². The maximum absolute atomic E-state index is 12.6. The first kappa shape index (κ1) is 19.3. The fourth-order valence-electron chi connectivity index (χ4n) is 3.62. The number of hydrogen-bond acceptors (Lipinski definition) is 3. The highest BCUT2D eigenvalue weighted by atomic mass is 16.5. The van der Waals surface area contributed by atoms with Gasteiger partial charge in [0, 0.05) is 24.3 Å². The van der Waals surface area contributed by atoms with Crippen LogP contribution in [0.3, 0.4) is 0 Å². The van der Waals surface area contributed by atoms with E-state index in [1.807, 2.05) is 26.0 Å². The molecule has 2 aromatic rings. The van der Waals surface area contributed by atoms with E-state index in [1.165, 1.54) is 18.5 Å². The van der Waals surface area contributed by atoms with Gasteiger partial charge in [0.15, 0.2) is 0 Å². The van der Waals surface area contributed by atoms with E-state index in [0.717, 1.165) is 35.9 Å². The van der Waals surface area contributed by atoms with Crippen LogP contribution < -0.4 is 15.0 Å². The van der Waals surface area contributed by atoms with Gasteiger partial charge in [-0.1, -0.05) is 19.1 Å². The number of benzene rings is 2. The molecule has 0 bridgehead atoms. The molecule has 3 rings (SSSR count). The lowest BCUT2D eigenvalue weighted by Gasteiger charge is -2.32. The molecule has 27 heavy (non-hydrogen) atoms. The first-order valence-electron chi connectivity index (χ1n) is 9.78. The predicted octanol–water partition coefficient (Wildman–Crippen LogP) is 4.73. The van der Waals surface area contributed by atoms with Crippen molar-refractivity contribution in [2.24, 2.45) is 5.92 Å². The second-order valence-electron chi connectivity index (χ2n) is 7.64. The number of anilines is 1. The van der Waals surface area contributed by atoms with Crippen molar-refractivity contribution >= 4 is 11.6 Å². The first-order chi connectivity index (χ1) is 13.0. The molecule has 0 saturated carbocycles. The largest absolute Gasteiger partial charge is 0.496 e. The zero-order valence-corrected chi connectivity index (χ0v) is 16.8. The molecule has 0 aromatic heterocycles. The number of ether oxygens (including phenoxy) is 1. The Morgan fingerprint density at radius 1 is 1.15 bits per heavy atom. The van der Waals surface area contributed by atoms with Gasteiger partial charge in [-0.25, -0.2) is 0 Å². The molecular formula is C23H30N2O2. The third kappa shape index (κ3) is 4.62. The average Bonchev–Trinajstić information content (AvgIpc) is 2.68. The average molecular weight is 367 g/mol. The summed E-state index contributed by atoms with van der Waals surface area (Å²) in [5.41, 5.74) is 4.00. The SMILES string of the molecule is COc1ccc(C(=O)NC(C)c2ccc(N3CCC(C)CC3)cc2)cc1C. The van der Waals surface area contributed by atoms with Crippen LogP contribution in [0.5, 0.6) is 5.75 Å². The van der Waals surface area contributed by atoms with Crippen LogP contribution in [0.15, 0.2) is 42.5 Å². The summed E-state index contributed by atoms with van der Waals surface area (Å²) in [6.07, 6.45) is 2.52. The highest BCUT2D eigenvalue weighted by molar-refractivity contribution is 5.94. The number of methoxy groups -OCH3 is 1. The van der Waals surface area contributed by atoms with Crippen LogP contribution >= 0.6 is 0 Å². The van der Waals surface area contributed by atoms with E-state index < -0.39 is 0 Å². The van der Waals surface area contributed by atoms with Crippen molar-refractivity contribution in [3.63, 3.8) is 0 Å². The van der Waals surface area contributed by atoms with Gasteiger partial charge in [0.05, 0.1) is 13.2 Å². The number of aryl methyl sites for hydroxylation is 1. The first-order valence-corrected chi connectivity index (χ1v) is 9.78. The number of rotatable bonds is 5. The number of piperidine rings is 1. The van der Waals surface area contributed by atoms with Gasteiger partial charge in [0.2, 0.25) is 0 Å². The molecule has 1 unspecified atom stereocenters. The Morgan fingerprint density at radius 3 is 2.41 bits per heavy atom. The van der Waals surface area contributed by atoms with E-state index in [2.05, 4.69) is 41.4 Å². The van der Waals surface area contributed by atoms with Crippen LogP contribution in [0, 0.1) is 12.8 Å². The molecule has 1 aliphatic rings. The molecule has 1 N–H and O–H groups in total. The van der Waals surface area contributed by atoms with Gasteiger partial charge in [-0.2, -0.15) is 0 Å². The number of amides is 1. The van der Waals surface area contributed by atoms with Gasteiger partial charge in [-0.05, 0) is 74.1 Å². The fraction of sp³-hybridized carbons (Fsp3) is 0.435. The number of hydrogen-bond donors (Lipinski definition) is 1. The third-order valence-electron chi connectivity index (χ3n) is 5.55. The van der Waals surface area contributed by atoms with Crippen LogP contribution in [0.4, 0.5) is 5.69 Å². The monoisotopic (exact) mass is 366 g/mol. The van der Waals surface area contributed by atoms with E-state index in [4.69, 9.17) is 4.74 Å². The highest BCUT2D eigenvalue weighted by Crippen LogP contribution is 2.25. The Morgan fingerprint density at radius 2 is 1.81 bits per heavy atom. The van der Waals surface area contributed by atoms with E-state index >= 15 is 0 Å². The molecule has 1 heterocycles. The molecule has 2 aromatic carbocycles. The number of nitrogens with one attached hydrogen (secondary N) is 1. The van der Waals surface area contributed by atoms with Crippen molar-refractivity contribution in [3.05, 3.63) is 59.2 Å². The fourth-order valence-corrected chi connectivity index (χ4v) is 3.62. The van der Waals surface area contributed by atoms with Crippen LogP contribution in [0.1, 0.15) is 54.2 Å². The summed E-state index contributed by atoms with van der Waals surface area (Å²) in [5, 5.41) is 3.09. The van der Waals surface area contributed by atoms with Gasteiger partial charge >= 0.3 is 0 Å². The van der Waals surface area contributed by atoms with E-state index in [1.54, 1.807) is 13.2 Å². The molecule has 4 nitrogen and oxygen atoms in total. The molecule has 144 valence electrons. The van der Waals surface area contributed by atoms with Crippen LogP contribution in [0.25, 0.3) is 0 Å². The van der Waals surface area contributed by atoms with Crippen molar-refractivity contribution in [3.8, 4) is 5.75 Å². The molecule has 0 radical (unpaired) electrons. The molecule has 1 fully saturated rings. The minimum Gasteiger partial charge on any atom is -0.496 e. The van der Waals surface area contributed by atoms with Crippen LogP contribution in [0.2, 0.25) is 0 Å². The van der Waals surface area contributed by atoms with Crippen LogP contribution in [-0.4, -0.2) is 26.1 Å². The Bertz CT molecular complexity index is 777. The molecule has 0 spiro atoms. The zero-order chi connectivity index (χ0) is 19.4. The zero-order valence-electron chi connectivity index (χ0n) is 16.8. The van der Waals surface area contributed by atoms with E-state index in [-0.39, 0.29) is 11.9 Å². The lowest BCUT2D eigenvalue weighted by atomic mass is 9.98. The molecule has 0 aliphatic carbocycles. The maximum atomic E-state index is 12.6. The third-order valence-corrected chi connectivity index (χ3v) is 5.55. The summed E-state index contributed by atoms with van der Waals surface area (Å²) >= 11 is 0. The Balaban J connectivity index is 1.63. The van der Waals surface area contributed by atoms with Gasteiger partial charge in [-0.3, -0.25) is 4.79 Å². The molecule has 1 atom stereocenters. The number of carbonyl (C=O) groups excluding carboxylic acids is 1. The quantitative estimate of drug-likeness (QED) is 0.832. The molecule has 1 amide bonds. The minimum absolute atomic E-state index is 0.0460. The Hall–Kier alpha value is -2.49. The smallest absolute Gasteiger partial charge is 0.251 e. The molecule has 4 heteroatoms. The van der Waals surface area contributed by atoms with Gasteiger partial charge in [-0.15, -0.1) is 0 Å². The van der Waals surface area contributed by atoms with Gasteiger partial charge in [0.25, 0.3) is 5.91 Å². The number of nitrogens with zero attached hydrogens (tertiary/aromatic N) is 1. The second kappa shape index (κ2) is 8.47. The van der Waals surface area contributed by atoms with Crippen molar-refractivity contribution in [2.45, 2.75) is 39.7 Å². The summed E-state index contributed by atoms with van der Waals surface area (Å²) in [6.45, 7) is 8.55. The summed E-state index contributed by atoms with van der Waals surface area (Å²) in [5.74, 6) is 1.56. The van der Waals surface area contributed by atoms with Gasteiger partial charge in [0.1, 0.15) is 5.75 Å². The molecular weight excluding hydrogens is 336 g/mol. The Labute approximate surface area is 162 Å². The maximum Gasteiger partial charge on any atom is 0.251 e. The van der Waals surface area contributed by atoms with Crippen molar-refractivity contribution in [1.82, 2.24) is 5.32 Å². The van der Waals surface area contributed by atoms with E-state index in [0.29, 0.717) is 5.56 Å².